The summed E-state index contributed by atoms with van der Waals surface area (Å²) in [6.45, 7) is 10.8. The summed E-state index contributed by atoms with van der Waals surface area (Å²) in [4.78, 5) is 0. The summed E-state index contributed by atoms with van der Waals surface area (Å²) in [5.74, 6) is 0.811. The average Bonchev–Trinajstić information content (AvgIpc) is 2.11. The summed E-state index contributed by atoms with van der Waals surface area (Å²) in [5.41, 5.74) is 1.36. The van der Waals surface area contributed by atoms with Gasteiger partial charge in [-0.25, -0.2) is 0 Å². The van der Waals surface area contributed by atoms with Gasteiger partial charge in [-0.15, -0.1) is 0 Å². The molecule has 0 bridgehead atoms. The Morgan fingerprint density at radius 3 is 2.31 bits per heavy atom. The van der Waals surface area contributed by atoms with Crippen LogP contribution in [0.1, 0.15) is 46.5 Å². The minimum Gasteiger partial charge on any atom is -0.317 e. The highest BCUT2D eigenvalue weighted by molar-refractivity contribution is 4.96. The molecule has 1 unspecified atom stereocenters. The van der Waals surface area contributed by atoms with Gasteiger partial charge in [0.15, 0.2) is 0 Å². The van der Waals surface area contributed by atoms with Crippen LogP contribution in [0.5, 0.6) is 0 Å². The molecule has 0 aliphatic rings. The SMILES string of the molecule is C=C(CC)CC(CCC(C)C)NC. The van der Waals surface area contributed by atoms with Gasteiger partial charge in [-0.2, -0.15) is 0 Å². The van der Waals surface area contributed by atoms with Crippen molar-refractivity contribution in [1.82, 2.24) is 5.32 Å². The molecule has 0 amide bonds. The molecule has 0 aliphatic heterocycles. The lowest BCUT2D eigenvalue weighted by atomic mass is 9.98. The van der Waals surface area contributed by atoms with Crippen LogP contribution in [0, 0.1) is 5.92 Å². The first-order valence-electron chi connectivity index (χ1n) is 5.44. The van der Waals surface area contributed by atoms with Crippen LogP contribution < -0.4 is 5.32 Å². The standard InChI is InChI=1S/C12H25N/c1-6-11(4)9-12(13-5)8-7-10(2)3/h10,12-13H,4,6-9H2,1-3,5H3. The summed E-state index contributed by atoms with van der Waals surface area (Å²) >= 11 is 0. The quantitative estimate of drug-likeness (QED) is 0.597. The fourth-order valence-corrected chi connectivity index (χ4v) is 1.38. The molecule has 0 rings (SSSR count). The molecule has 0 radical (unpaired) electrons. The van der Waals surface area contributed by atoms with E-state index in [1.165, 1.54) is 18.4 Å². The van der Waals surface area contributed by atoms with Crippen LogP contribution in [-0.4, -0.2) is 13.1 Å². The second-order valence-electron chi connectivity index (χ2n) is 4.26. The highest BCUT2D eigenvalue weighted by Gasteiger charge is 2.07. The Morgan fingerprint density at radius 1 is 1.31 bits per heavy atom. The summed E-state index contributed by atoms with van der Waals surface area (Å²) in [6.07, 6.45) is 4.83. The molecule has 78 valence electrons. The highest BCUT2D eigenvalue weighted by Crippen LogP contribution is 2.13. The Balaban J connectivity index is 3.69. The number of hydrogen-bond acceptors (Lipinski definition) is 1. The molecule has 1 atom stereocenters. The van der Waals surface area contributed by atoms with Crippen LogP contribution in [0.25, 0.3) is 0 Å². The summed E-state index contributed by atoms with van der Waals surface area (Å²) in [6, 6.07) is 0.634. The van der Waals surface area contributed by atoms with Crippen LogP contribution in [-0.2, 0) is 0 Å². The van der Waals surface area contributed by atoms with E-state index in [1.54, 1.807) is 0 Å². The summed E-state index contributed by atoms with van der Waals surface area (Å²) < 4.78 is 0. The molecule has 0 aromatic carbocycles. The molecule has 0 saturated carbocycles. The van der Waals surface area contributed by atoms with E-state index in [4.69, 9.17) is 0 Å². The van der Waals surface area contributed by atoms with Crippen molar-refractivity contribution in [2.75, 3.05) is 7.05 Å². The molecule has 0 aromatic rings. The number of rotatable bonds is 7. The first kappa shape index (κ1) is 12.7. The van der Waals surface area contributed by atoms with E-state index in [0.29, 0.717) is 6.04 Å². The maximum Gasteiger partial charge on any atom is 0.0101 e. The smallest absolute Gasteiger partial charge is 0.0101 e. The molecule has 0 spiro atoms. The van der Waals surface area contributed by atoms with Crippen molar-refractivity contribution in [3.63, 3.8) is 0 Å². The van der Waals surface area contributed by atoms with Gasteiger partial charge in [0.1, 0.15) is 0 Å². The van der Waals surface area contributed by atoms with E-state index in [1.807, 2.05) is 7.05 Å². The van der Waals surface area contributed by atoms with Gasteiger partial charge in [-0.1, -0.05) is 32.9 Å². The molecular formula is C12H25N. The minimum absolute atomic E-state index is 0.634. The second-order valence-corrected chi connectivity index (χ2v) is 4.26. The fraction of sp³-hybridized carbons (Fsp3) is 0.833. The Hall–Kier alpha value is -0.300. The third-order valence-electron chi connectivity index (χ3n) is 2.54. The molecule has 0 heterocycles. The molecule has 1 heteroatoms. The largest absolute Gasteiger partial charge is 0.317 e. The number of nitrogens with one attached hydrogen (secondary N) is 1. The Morgan fingerprint density at radius 2 is 1.92 bits per heavy atom. The second kappa shape index (κ2) is 7.14. The Bertz CT molecular complexity index is 138. The van der Waals surface area contributed by atoms with Gasteiger partial charge in [0.05, 0.1) is 0 Å². The Kier molecular flexibility index (Phi) is 6.97. The van der Waals surface area contributed by atoms with Crippen LogP contribution >= 0.6 is 0 Å². The fourth-order valence-electron chi connectivity index (χ4n) is 1.38. The van der Waals surface area contributed by atoms with E-state index in [2.05, 4.69) is 32.7 Å². The van der Waals surface area contributed by atoms with E-state index in [-0.39, 0.29) is 0 Å². The van der Waals surface area contributed by atoms with Gasteiger partial charge in [0.2, 0.25) is 0 Å². The van der Waals surface area contributed by atoms with Gasteiger partial charge in [-0.05, 0) is 38.6 Å². The molecule has 0 aliphatic carbocycles. The normalized spacial score (nSPS) is 13.3. The van der Waals surface area contributed by atoms with Crippen molar-refractivity contribution in [2.45, 2.75) is 52.5 Å². The van der Waals surface area contributed by atoms with Crippen LogP contribution in [0.3, 0.4) is 0 Å². The summed E-state index contributed by atoms with van der Waals surface area (Å²) in [5, 5.41) is 3.36. The first-order valence-corrected chi connectivity index (χ1v) is 5.44. The molecule has 1 N–H and O–H groups in total. The maximum atomic E-state index is 4.05. The van der Waals surface area contributed by atoms with E-state index >= 15 is 0 Å². The van der Waals surface area contributed by atoms with Gasteiger partial charge >= 0.3 is 0 Å². The van der Waals surface area contributed by atoms with Crippen LogP contribution in [0.15, 0.2) is 12.2 Å². The van der Waals surface area contributed by atoms with Crippen LogP contribution in [0.2, 0.25) is 0 Å². The monoisotopic (exact) mass is 183 g/mol. The average molecular weight is 183 g/mol. The summed E-state index contributed by atoms with van der Waals surface area (Å²) in [7, 11) is 2.05. The molecule has 0 saturated heterocycles. The van der Waals surface area contributed by atoms with Gasteiger partial charge in [-0.3, -0.25) is 0 Å². The van der Waals surface area contributed by atoms with Crippen molar-refractivity contribution in [1.29, 1.82) is 0 Å². The van der Waals surface area contributed by atoms with E-state index in [0.717, 1.165) is 18.8 Å². The van der Waals surface area contributed by atoms with Crippen molar-refractivity contribution in [2.24, 2.45) is 5.92 Å². The van der Waals surface area contributed by atoms with E-state index < -0.39 is 0 Å². The zero-order valence-electron chi connectivity index (χ0n) is 9.69. The Labute approximate surface area is 83.6 Å². The van der Waals surface area contributed by atoms with Crippen molar-refractivity contribution >= 4 is 0 Å². The van der Waals surface area contributed by atoms with Gasteiger partial charge in [0, 0.05) is 6.04 Å². The van der Waals surface area contributed by atoms with Gasteiger partial charge in [0.25, 0.3) is 0 Å². The van der Waals surface area contributed by atoms with E-state index in [9.17, 15) is 0 Å². The molecule has 0 fully saturated rings. The van der Waals surface area contributed by atoms with Gasteiger partial charge < -0.3 is 5.32 Å². The topological polar surface area (TPSA) is 12.0 Å². The molecule has 13 heavy (non-hydrogen) atoms. The molecular weight excluding hydrogens is 158 g/mol. The maximum absolute atomic E-state index is 4.05. The first-order chi connectivity index (χ1) is 6.10. The highest BCUT2D eigenvalue weighted by atomic mass is 14.9. The zero-order valence-corrected chi connectivity index (χ0v) is 9.69. The predicted molar refractivity (Wildman–Crippen MR) is 61.0 cm³/mol. The van der Waals surface area contributed by atoms with Crippen molar-refractivity contribution in [3.05, 3.63) is 12.2 Å². The van der Waals surface area contributed by atoms with Crippen molar-refractivity contribution in [3.8, 4) is 0 Å². The lowest BCUT2D eigenvalue weighted by Gasteiger charge is -2.17. The predicted octanol–water partition coefficient (Wildman–Crippen LogP) is 3.37. The van der Waals surface area contributed by atoms with Crippen LogP contribution in [0.4, 0.5) is 0 Å². The number of hydrogen-bond donors (Lipinski definition) is 1. The molecule has 0 aromatic heterocycles. The van der Waals surface area contributed by atoms with Crippen molar-refractivity contribution < 1.29 is 0 Å². The third-order valence-corrected chi connectivity index (χ3v) is 2.54. The third kappa shape index (κ3) is 6.83. The minimum atomic E-state index is 0.634. The molecule has 1 nitrogen and oxygen atoms in total. The zero-order chi connectivity index (χ0) is 10.3. The lowest BCUT2D eigenvalue weighted by Crippen LogP contribution is -2.25. The lowest BCUT2D eigenvalue weighted by molar-refractivity contribution is 0.448.